The Hall–Kier alpha value is -0.860. The van der Waals surface area contributed by atoms with Gasteiger partial charge in [0, 0.05) is 7.11 Å². The first-order valence-corrected chi connectivity index (χ1v) is 5.08. The molecule has 0 saturated heterocycles. The van der Waals surface area contributed by atoms with Crippen molar-refractivity contribution >= 4 is 0 Å². The van der Waals surface area contributed by atoms with Crippen LogP contribution in [0.1, 0.15) is 36.0 Å². The Morgan fingerprint density at radius 2 is 2.14 bits per heavy atom. The average molecular weight is 192 g/mol. The van der Waals surface area contributed by atoms with Crippen LogP contribution in [0.2, 0.25) is 0 Å². The highest BCUT2D eigenvalue weighted by atomic mass is 16.5. The third-order valence-electron chi connectivity index (χ3n) is 2.70. The SMILES string of the molecule is COCC(O)c1ccccc1C1CC1. The van der Waals surface area contributed by atoms with Gasteiger partial charge in [0.1, 0.15) is 6.10 Å². The van der Waals surface area contributed by atoms with Crippen LogP contribution in [0.3, 0.4) is 0 Å². The Kier molecular flexibility index (Phi) is 2.85. The van der Waals surface area contributed by atoms with E-state index in [9.17, 15) is 5.11 Å². The first kappa shape index (κ1) is 9.69. The minimum atomic E-state index is -0.475. The quantitative estimate of drug-likeness (QED) is 0.792. The molecule has 1 aromatic carbocycles. The van der Waals surface area contributed by atoms with E-state index in [1.54, 1.807) is 7.11 Å². The van der Waals surface area contributed by atoms with E-state index >= 15 is 0 Å². The number of rotatable bonds is 4. The predicted octanol–water partition coefficient (Wildman–Crippen LogP) is 2.24. The zero-order chi connectivity index (χ0) is 9.97. The van der Waals surface area contributed by atoms with E-state index in [0.29, 0.717) is 12.5 Å². The number of aliphatic hydroxyl groups is 1. The topological polar surface area (TPSA) is 29.5 Å². The molecule has 1 N–H and O–H groups in total. The fourth-order valence-electron chi connectivity index (χ4n) is 1.83. The zero-order valence-electron chi connectivity index (χ0n) is 8.44. The summed E-state index contributed by atoms with van der Waals surface area (Å²) in [6, 6.07) is 8.12. The molecule has 1 fully saturated rings. The van der Waals surface area contributed by atoms with Crippen LogP contribution in [0.25, 0.3) is 0 Å². The van der Waals surface area contributed by atoms with Crippen molar-refractivity contribution in [2.45, 2.75) is 24.9 Å². The highest BCUT2D eigenvalue weighted by Gasteiger charge is 2.27. The minimum absolute atomic E-state index is 0.379. The largest absolute Gasteiger partial charge is 0.386 e. The number of hydrogen-bond acceptors (Lipinski definition) is 2. The Bertz CT molecular complexity index is 305. The molecule has 1 unspecified atom stereocenters. The third-order valence-corrected chi connectivity index (χ3v) is 2.70. The summed E-state index contributed by atoms with van der Waals surface area (Å²) in [5.74, 6) is 0.678. The highest BCUT2D eigenvalue weighted by molar-refractivity contribution is 5.34. The lowest BCUT2D eigenvalue weighted by molar-refractivity contribution is 0.0638. The highest BCUT2D eigenvalue weighted by Crippen LogP contribution is 2.42. The van der Waals surface area contributed by atoms with E-state index in [4.69, 9.17) is 4.74 Å². The summed E-state index contributed by atoms with van der Waals surface area (Å²) >= 11 is 0. The number of methoxy groups -OCH3 is 1. The monoisotopic (exact) mass is 192 g/mol. The van der Waals surface area contributed by atoms with Crippen LogP contribution in [0.5, 0.6) is 0 Å². The fraction of sp³-hybridized carbons (Fsp3) is 0.500. The summed E-state index contributed by atoms with van der Waals surface area (Å²) in [7, 11) is 1.61. The summed E-state index contributed by atoms with van der Waals surface area (Å²) in [4.78, 5) is 0. The summed E-state index contributed by atoms with van der Waals surface area (Å²) in [5, 5.41) is 9.85. The molecule has 1 atom stereocenters. The van der Waals surface area contributed by atoms with Crippen molar-refractivity contribution in [3.8, 4) is 0 Å². The van der Waals surface area contributed by atoms with Gasteiger partial charge in [0.05, 0.1) is 6.61 Å². The molecule has 0 spiro atoms. The Morgan fingerprint density at radius 3 is 2.79 bits per heavy atom. The fourth-order valence-corrected chi connectivity index (χ4v) is 1.83. The molecule has 1 aliphatic carbocycles. The van der Waals surface area contributed by atoms with Crippen molar-refractivity contribution in [1.29, 1.82) is 0 Å². The van der Waals surface area contributed by atoms with Crippen molar-refractivity contribution in [2.24, 2.45) is 0 Å². The molecule has 2 heteroatoms. The lowest BCUT2D eigenvalue weighted by Crippen LogP contribution is -2.07. The summed E-state index contributed by atoms with van der Waals surface area (Å²) in [5.41, 5.74) is 2.34. The molecule has 1 aromatic rings. The van der Waals surface area contributed by atoms with Crippen LogP contribution in [-0.4, -0.2) is 18.8 Å². The van der Waals surface area contributed by atoms with Crippen LogP contribution >= 0.6 is 0 Å². The zero-order valence-corrected chi connectivity index (χ0v) is 8.44. The minimum Gasteiger partial charge on any atom is -0.386 e. The molecule has 0 aliphatic heterocycles. The lowest BCUT2D eigenvalue weighted by atomic mass is 9.99. The molecule has 0 bridgehead atoms. The molecule has 2 rings (SSSR count). The summed E-state index contributed by atoms with van der Waals surface area (Å²) < 4.78 is 4.96. The molecule has 14 heavy (non-hydrogen) atoms. The molecule has 1 saturated carbocycles. The van der Waals surface area contributed by atoms with Crippen molar-refractivity contribution in [3.05, 3.63) is 35.4 Å². The van der Waals surface area contributed by atoms with E-state index < -0.39 is 6.10 Å². The van der Waals surface area contributed by atoms with Crippen LogP contribution in [0, 0.1) is 0 Å². The Labute approximate surface area is 84.5 Å². The van der Waals surface area contributed by atoms with Crippen LogP contribution in [0.4, 0.5) is 0 Å². The molecule has 0 heterocycles. The molecular formula is C12H16O2. The Balaban J connectivity index is 2.21. The second-order valence-corrected chi connectivity index (χ2v) is 3.87. The standard InChI is InChI=1S/C12H16O2/c1-14-8-12(13)11-5-3-2-4-10(11)9-6-7-9/h2-5,9,12-13H,6-8H2,1H3. The van der Waals surface area contributed by atoms with Gasteiger partial charge in [-0.2, -0.15) is 0 Å². The molecule has 0 amide bonds. The first-order valence-electron chi connectivity index (χ1n) is 5.08. The van der Waals surface area contributed by atoms with E-state index in [-0.39, 0.29) is 0 Å². The van der Waals surface area contributed by atoms with Gasteiger partial charge in [-0.05, 0) is 29.9 Å². The smallest absolute Gasteiger partial charge is 0.103 e. The molecule has 0 radical (unpaired) electrons. The van der Waals surface area contributed by atoms with Crippen LogP contribution in [0.15, 0.2) is 24.3 Å². The number of benzene rings is 1. The van der Waals surface area contributed by atoms with E-state index in [1.807, 2.05) is 18.2 Å². The van der Waals surface area contributed by atoms with Gasteiger partial charge in [-0.15, -0.1) is 0 Å². The maximum absolute atomic E-state index is 9.85. The van der Waals surface area contributed by atoms with Crippen molar-refractivity contribution in [1.82, 2.24) is 0 Å². The molecule has 0 aromatic heterocycles. The van der Waals surface area contributed by atoms with Gasteiger partial charge in [-0.25, -0.2) is 0 Å². The van der Waals surface area contributed by atoms with Gasteiger partial charge in [0.25, 0.3) is 0 Å². The lowest BCUT2D eigenvalue weighted by Gasteiger charge is -2.14. The maximum atomic E-state index is 9.85. The van der Waals surface area contributed by atoms with Gasteiger partial charge < -0.3 is 9.84 Å². The van der Waals surface area contributed by atoms with E-state index in [0.717, 1.165) is 5.56 Å². The van der Waals surface area contributed by atoms with Crippen LogP contribution in [-0.2, 0) is 4.74 Å². The third kappa shape index (κ3) is 1.97. The van der Waals surface area contributed by atoms with E-state index in [2.05, 4.69) is 6.07 Å². The van der Waals surface area contributed by atoms with Gasteiger partial charge in [-0.3, -0.25) is 0 Å². The molecule has 2 nitrogen and oxygen atoms in total. The summed E-state index contributed by atoms with van der Waals surface area (Å²) in [6.45, 7) is 0.379. The second kappa shape index (κ2) is 4.11. The van der Waals surface area contributed by atoms with Gasteiger partial charge in [0.15, 0.2) is 0 Å². The molecule has 1 aliphatic rings. The molecular weight excluding hydrogens is 176 g/mol. The van der Waals surface area contributed by atoms with Crippen LogP contribution < -0.4 is 0 Å². The first-order chi connectivity index (χ1) is 6.83. The van der Waals surface area contributed by atoms with Gasteiger partial charge in [0.2, 0.25) is 0 Å². The number of ether oxygens (including phenoxy) is 1. The normalized spacial score (nSPS) is 18.1. The second-order valence-electron chi connectivity index (χ2n) is 3.87. The maximum Gasteiger partial charge on any atom is 0.103 e. The van der Waals surface area contributed by atoms with Crippen molar-refractivity contribution < 1.29 is 9.84 Å². The van der Waals surface area contributed by atoms with E-state index in [1.165, 1.54) is 18.4 Å². The summed E-state index contributed by atoms with van der Waals surface area (Å²) in [6.07, 6.45) is 2.05. The number of hydrogen-bond donors (Lipinski definition) is 1. The van der Waals surface area contributed by atoms with Crippen molar-refractivity contribution in [3.63, 3.8) is 0 Å². The Morgan fingerprint density at radius 1 is 1.43 bits per heavy atom. The molecule has 76 valence electrons. The van der Waals surface area contributed by atoms with Gasteiger partial charge >= 0.3 is 0 Å². The average Bonchev–Trinajstić information content (AvgIpc) is 3.01. The van der Waals surface area contributed by atoms with Gasteiger partial charge in [-0.1, -0.05) is 24.3 Å². The number of aliphatic hydroxyl groups excluding tert-OH is 1. The van der Waals surface area contributed by atoms with Crippen molar-refractivity contribution in [2.75, 3.05) is 13.7 Å². The predicted molar refractivity (Wildman–Crippen MR) is 55.3 cm³/mol.